The van der Waals surface area contributed by atoms with Gasteiger partial charge in [0.1, 0.15) is 11.8 Å². The van der Waals surface area contributed by atoms with Crippen LogP contribution in [-0.2, 0) is 14.8 Å². The molecule has 0 bridgehead atoms. The molecule has 0 spiro atoms. The van der Waals surface area contributed by atoms with Crippen molar-refractivity contribution in [2.24, 2.45) is 0 Å². The van der Waals surface area contributed by atoms with Crippen LogP contribution in [0.15, 0.2) is 53.4 Å². The van der Waals surface area contributed by atoms with Crippen LogP contribution in [0.25, 0.3) is 0 Å². The number of para-hydroxylation sites is 2. The number of nitrogens with one attached hydrogen (secondary N) is 2. The first kappa shape index (κ1) is 16.0. The van der Waals surface area contributed by atoms with Gasteiger partial charge in [0.15, 0.2) is 6.10 Å². The number of benzene rings is 2. The molecule has 122 valence electrons. The molecule has 7 nitrogen and oxygen atoms in total. The number of anilines is 1. The largest absolute Gasteiger partial charge is 0.477 e. The van der Waals surface area contributed by atoms with Gasteiger partial charge in [0, 0.05) is 0 Å². The standard InChI is InChI=1S/C16H13N3O4S/c17-9-11-5-1-4-8-15(11)24(21,22)18-10-14-16(20)19-12-6-2-3-7-13(12)23-14/h1-8,14,18H,10H2,(H,19,20). The maximum Gasteiger partial charge on any atom is 0.266 e. The van der Waals surface area contributed by atoms with Gasteiger partial charge in [-0.05, 0) is 24.3 Å². The lowest BCUT2D eigenvalue weighted by Crippen LogP contribution is -2.45. The zero-order chi connectivity index (χ0) is 17.2. The van der Waals surface area contributed by atoms with Crippen molar-refractivity contribution in [1.82, 2.24) is 4.72 Å². The third-order valence-corrected chi connectivity index (χ3v) is 4.94. The van der Waals surface area contributed by atoms with E-state index in [1.54, 1.807) is 30.3 Å². The van der Waals surface area contributed by atoms with Gasteiger partial charge in [-0.15, -0.1) is 0 Å². The summed E-state index contributed by atoms with van der Waals surface area (Å²) in [5.41, 5.74) is 0.570. The molecule has 1 unspecified atom stereocenters. The van der Waals surface area contributed by atoms with Crippen molar-refractivity contribution < 1.29 is 17.9 Å². The first-order valence-corrected chi connectivity index (χ1v) is 8.55. The van der Waals surface area contributed by atoms with Crippen LogP contribution in [0, 0.1) is 11.3 Å². The summed E-state index contributed by atoms with van der Waals surface area (Å²) in [4.78, 5) is 11.9. The molecule has 2 aromatic carbocycles. The van der Waals surface area contributed by atoms with Crippen molar-refractivity contribution in [3.8, 4) is 11.8 Å². The van der Waals surface area contributed by atoms with E-state index in [4.69, 9.17) is 10.00 Å². The molecule has 2 N–H and O–H groups in total. The maximum atomic E-state index is 12.4. The Morgan fingerprint density at radius 2 is 1.88 bits per heavy atom. The van der Waals surface area contributed by atoms with E-state index in [-0.39, 0.29) is 17.0 Å². The van der Waals surface area contributed by atoms with Crippen LogP contribution in [0.4, 0.5) is 5.69 Å². The lowest BCUT2D eigenvalue weighted by molar-refractivity contribution is -0.123. The third-order valence-electron chi connectivity index (χ3n) is 3.46. The Hall–Kier alpha value is -2.89. The van der Waals surface area contributed by atoms with Crippen molar-refractivity contribution in [2.45, 2.75) is 11.0 Å². The molecule has 0 saturated heterocycles. The number of carbonyl (C=O) groups is 1. The van der Waals surface area contributed by atoms with Gasteiger partial charge in [-0.25, -0.2) is 13.1 Å². The molecule has 0 fully saturated rings. The summed E-state index contributed by atoms with van der Waals surface area (Å²) in [5.74, 6) is 0.0312. The van der Waals surface area contributed by atoms with Gasteiger partial charge in [-0.2, -0.15) is 5.26 Å². The second kappa shape index (κ2) is 6.31. The fourth-order valence-electron chi connectivity index (χ4n) is 2.28. The summed E-state index contributed by atoms with van der Waals surface area (Å²) in [6.07, 6.45) is -0.996. The van der Waals surface area contributed by atoms with E-state index in [1.807, 2.05) is 6.07 Å². The molecule has 0 aliphatic carbocycles. The summed E-state index contributed by atoms with van der Waals surface area (Å²) < 4.78 is 32.6. The predicted molar refractivity (Wildman–Crippen MR) is 85.8 cm³/mol. The van der Waals surface area contributed by atoms with E-state index in [2.05, 4.69) is 10.0 Å². The second-order valence-corrected chi connectivity index (χ2v) is 6.79. The number of hydrogen-bond acceptors (Lipinski definition) is 5. The highest BCUT2D eigenvalue weighted by Gasteiger charge is 2.29. The monoisotopic (exact) mass is 343 g/mol. The lowest BCUT2D eigenvalue weighted by Gasteiger charge is -2.25. The minimum absolute atomic E-state index is 0.0318. The van der Waals surface area contributed by atoms with Crippen LogP contribution in [-0.4, -0.2) is 27.0 Å². The molecule has 24 heavy (non-hydrogen) atoms. The molecule has 1 amide bonds. The maximum absolute atomic E-state index is 12.4. The van der Waals surface area contributed by atoms with Gasteiger partial charge in [0.05, 0.1) is 22.7 Å². The number of fused-ring (bicyclic) bond motifs is 1. The van der Waals surface area contributed by atoms with Crippen LogP contribution < -0.4 is 14.8 Å². The van der Waals surface area contributed by atoms with E-state index in [9.17, 15) is 13.2 Å². The SMILES string of the molecule is N#Cc1ccccc1S(=O)(=O)NCC1Oc2ccccc2NC1=O. The van der Waals surface area contributed by atoms with E-state index in [0.717, 1.165) is 0 Å². The Bertz CT molecular complexity index is 934. The fourth-order valence-corrected chi connectivity index (χ4v) is 3.47. The quantitative estimate of drug-likeness (QED) is 0.868. The molecule has 3 rings (SSSR count). The molecule has 1 aliphatic rings. The van der Waals surface area contributed by atoms with E-state index in [1.165, 1.54) is 18.2 Å². The minimum Gasteiger partial charge on any atom is -0.477 e. The molecule has 8 heteroatoms. The number of rotatable bonds is 4. The summed E-state index contributed by atoms with van der Waals surface area (Å²) in [5, 5.41) is 11.7. The number of sulfonamides is 1. The van der Waals surface area contributed by atoms with Gasteiger partial charge in [-0.1, -0.05) is 24.3 Å². The Kier molecular flexibility index (Phi) is 4.20. The van der Waals surface area contributed by atoms with Gasteiger partial charge in [0.25, 0.3) is 5.91 Å². The molecule has 2 aromatic rings. The number of hydrogen-bond donors (Lipinski definition) is 2. The van der Waals surface area contributed by atoms with Crippen LogP contribution in [0.5, 0.6) is 5.75 Å². The van der Waals surface area contributed by atoms with Crippen LogP contribution >= 0.6 is 0 Å². The van der Waals surface area contributed by atoms with Gasteiger partial charge < -0.3 is 10.1 Å². The molecule has 1 heterocycles. The lowest BCUT2D eigenvalue weighted by atomic mass is 10.2. The summed E-state index contributed by atoms with van der Waals surface area (Å²) in [6.45, 7) is -0.248. The predicted octanol–water partition coefficient (Wildman–Crippen LogP) is 1.24. The van der Waals surface area contributed by atoms with Crippen molar-refractivity contribution in [1.29, 1.82) is 5.26 Å². The first-order valence-electron chi connectivity index (χ1n) is 7.06. The first-order chi connectivity index (χ1) is 11.5. The van der Waals surface area contributed by atoms with Crippen molar-refractivity contribution in [3.05, 3.63) is 54.1 Å². The molecule has 0 radical (unpaired) electrons. The molecular weight excluding hydrogens is 330 g/mol. The van der Waals surface area contributed by atoms with Crippen LogP contribution in [0.2, 0.25) is 0 Å². The Morgan fingerprint density at radius 1 is 1.17 bits per heavy atom. The minimum atomic E-state index is -3.94. The molecule has 0 saturated carbocycles. The highest BCUT2D eigenvalue weighted by atomic mass is 32.2. The summed E-state index contributed by atoms with van der Waals surface area (Å²) >= 11 is 0. The normalized spacial score (nSPS) is 16.5. The number of nitrogens with zero attached hydrogens (tertiary/aromatic N) is 1. The second-order valence-electron chi connectivity index (χ2n) is 5.05. The van der Waals surface area contributed by atoms with Crippen molar-refractivity contribution in [3.63, 3.8) is 0 Å². The fraction of sp³-hybridized carbons (Fsp3) is 0.125. The average Bonchev–Trinajstić information content (AvgIpc) is 2.60. The van der Waals surface area contributed by atoms with Crippen LogP contribution in [0.3, 0.4) is 0 Å². The summed E-state index contributed by atoms with van der Waals surface area (Å²) in [6, 6.07) is 14.6. The van der Waals surface area contributed by atoms with E-state index in [0.29, 0.717) is 11.4 Å². The molecule has 1 atom stereocenters. The third kappa shape index (κ3) is 3.08. The van der Waals surface area contributed by atoms with Crippen molar-refractivity contribution >= 4 is 21.6 Å². The van der Waals surface area contributed by atoms with Gasteiger partial charge >= 0.3 is 0 Å². The van der Waals surface area contributed by atoms with E-state index >= 15 is 0 Å². The van der Waals surface area contributed by atoms with Crippen molar-refractivity contribution in [2.75, 3.05) is 11.9 Å². The smallest absolute Gasteiger partial charge is 0.266 e. The number of carbonyl (C=O) groups excluding carboxylic acids is 1. The molecule has 1 aliphatic heterocycles. The average molecular weight is 343 g/mol. The molecule has 0 aromatic heterocycles. The van der Waals surface area contributed by atoms with Gasteiger partial charge in [-0.3, -0.25) is 4.79 Å². The number of nitriles is 1. The zero-order valence-electron chi connectivity index (χ0n) is 12.4. The van der Waals surface area contributed by atoms with E-state index < -0.39 is 22.0 Å². The highest BCUT2D eigenvalue weighted by molar-refractivity contribution is 7.89. The molecular formula is C16H13N3O4S. The van der Waals surface area contributed by atoms with Gasteiger partial charge in [0.2, 0.25) is 10.0 Å². The zero-order valence-corrected chi connectivity index (χ0v) is 13.2. The highest BCUT2D eigenvalue weighted by Crippen LogP contribution is 2.28. The van der Waals surface area contributed by atoms with Crippen LogP contribution in [0.1, 0.15) is 5.56 Å². The Morgan fingerprint density at radius 3 is 2.67 bits per heavy atom. The Labute approximate surface area is 138 Å². The summed E-state index contributed by atoms with van der Waals surface area (Å²) in [7, 11) is -3.94. The number of ether oxygens (including phenoxy) is 1. The number of amides is 1. The Balaban J connectivity index is 1.76. The topological polar surface area (TPSA) is 108 Å².